The normalized spacial score (nSPS) is 17.3. The van der Waals surface area contributed by atoms with Crippen molar-refractivity contribution in [1.29, 1.82) is 0 Å². The fourth-order valence-corrected chi connectivity index (χ4v) is 4.90. The van der Waals surface area contributed by atoms with Crippen molar-refractivity contribution in [2.45, 2.75) is 40.0 Å². The van der Waals surface area contributed by atoms with Crippen molar-refractivity contribution >= 4 is 33.1 Å². The second-order valence-corrected chi connectivity index (χ2v) is 7.84. The number of aryl methyl sites for hydroxylation is 3. The number of fused-ring (bicyclic) bond motifs is 3. The van der Waals surface area contributed by atoms with Crippen molar-refractivity contribution in [1.82, 2.24) is 9.97 Å². The van der Waals surface area contributed by atoms with Crippen molar-refractivity contribution in [3.05, 3.63) is 46.1 Å². The van der Waals surface area contributed by atoms with Gasteiger partial charge in [-0.05, 0) is 67.9 Å². The van der Waals surface area contributed by atoms with Crippen LogP contribution in [0.25, 0.3) is 10.2 Å². The third-order valence-corrected chi connectivity index (χ3v) is 5.74. The predicted octanol–water partition coefficient (Wildman–Crippen LogP) is 5.18. The Hall–Kier alpha value is -1.94. The molecular weight excluding hydrogens is 302 g/mol. The topological polar surface area (TPSA) is 37.8 Å². The predicted molar refractivity (Wildman–Crippen MR) is 97.8 cm³/mol. The molecule has 0 bridgehead atoms. The molecule has 1 atom stereocenters. The lowest BCUT2D eigenvalue weighted by atomic mass is 9.89. The summed E-state index contributed by atoms with van der Waals surface area (Å²) >= 11 is 1.84. The Morgan fingerprint density at radius 2 is 1.91 bits per heavy atom. The summed E-state index contributed by atoms with van der Waals surface area (Å²) in [4.78, 5) is 11.7. The summed E-state index contributed by atoms with van der Waals surface area (Å²) in [6, 6.07) is 6.53. The summed E-state index contributed by atoms with van der Waals surface area (Å²) < 4.78 is 0. The van der Waals surface area contributed by atoms with Crippen LogP contribution < -0.4 is 5.32 Å². The highest BCUT2D eigenvalue weighted by molar-refractivity contribution is 7.19. The SMILES string of the molecule is Cc1cc(C)cc(Nc2ncnc3sc4c(c23)CCC(C)C4)c1. The molecule has 23 heavy (non-hydrogen) atoms. The van der Waals surface area contributed by atoms with E-state index in [4.69, 9.17) is 0 Å². The van der Waals surface area contributed by atoms with Gasteiger partial charge in [-0.3, -0.25) is 0 Å². The van der Waals surface area contributed by atoms with E-state index in [0.717, 1.165) is 28.7 Å². The number of nitrogens with zero attached hydrogens (tertiary/aromatic N) is 2. The minimum absolute atomic E-state index is 0.777. The standard InChI is InChI=1S/C19H21N3S/c1-11-4-5-15-16(9-11)23-19-17(15)18(20-10-21-19)22-14-7-12(2)6-13(3)8-14/h6-8,10-11H,4-5,9H2,1-3H3,(H,20,21,22). The molecule has 4 rings (SSSR count). The molecule has 1 aromatic carbocycles. The highest BCUT2D eigenvalue weighted by atomic mass is 32.1. The molecule has 1 aliphatic rings. The van der Waals surface area contributed by atoms with Crippen LogP contribution in [0, 0.1) is 19.8 Å². The van der Waals surface area contributed by atoms with Crippen LogP contribution in [0.2, 0.25) is 0 Å². The number of hydrogen-bond acceptors (Lipinski definition) is 4. The zero-order valence-corrected chi connectivity index (χ0v) is 14.6. The molecule has 0 saturated heterocycles. The molecule has 1 N–H and O–H groups in total. The van der Waals surface area contributed by atoms with E-state index < -0.39 is 0 Å². The Morgan fingerprint density at radius 3 is 2.70 bits per heavy atom. The molecule has 0 amide bonds. The average molecular weight is 323 g/mol. The molecule has 0 fully saturated rings. The van der Waals surface area contributed by atoms with Crippen molar-refractivity contribution in [3.63, 3.8) is 0 Å². The Bertz CT molecular complexity index is 861. The lowest BCUT2D eigenvalue weighted by Gasteiger charge is -2.18. The van der Waals surface area contributed by atoms with Crippen LogP contribution in [0.3, 0.4) is 0 Å². The van der Waals surface area contributed by atoms with E-state index in [9.17, 15) is 0 Å². The third kappa shape index (κ3) is 2.72. The molecule has 0 spiro atoms. The van der Waals surface area contributed by atoms with Gasteiger partial charge < -0.3 is 5.32 Å². The zero-order chi connectivity index (χ0) is 16.0. The molecule has 0 aliphatic heterocycles. The van der Waals surface area contributed by atoms with Crippen LogP contribution in [0.5, 0.6) is 0 Å². The van der Waals surface area contributed by atoms with E-state index in [0.29, 0.717) is 0 Å². The van der Waals surface area contributed by atoms with Gasteiger partial charge in [0.1, 0.15) is 17.0 Å². The van der Waals surface area contributed by atoms with Crippen LogP contribution in [-0.4, -0.2) is 9.97 Å². The number of hydrogen-bond donors (Lipinski definition) is 1. The van der Waals surface area contributed by atoms with E-state index in [2.05, 4.69) is 54.3 Å². The van der Waals surface area contributed by atoms with Crippen molar-refractivity contribution < 1.29 is 0 Å². The fraction of sp³-hybridized carbons (Fsp3) is 0.368. The molecular formula is C19H21N3S. The molecule has 3 nitrogen and oxygen atoms in total. The Kier molecular flexibility index (Phi) is 3.57. The first kappa shape index (κ1) is 14.6. The van der Waals surface area contributed by atoms with Gasteiger partial charge >= 0.3 is 0 Å². The van der Waals surface area contributed by atoms with Crippen LogP contribution >= 0.6 is 11.3 Å². The van der Waals surface area contributed by atoms with Gasteiger partial charge in [-0.25, -0.2) is 9.97 Å². The molecule has 4 heteroatoms. The number of aromatic nitrogens is 2. The number of anilines is 2. The van der Waals surface area contributed by atoms with Gasteiger partial charge in [0.2, 0.25) is 0 Å². The van der Waals surface area contributed by atoms with Crippen LogP contribution in [0.15, 0.2) is 24.5 Å². The van der Waals surface area contributed by atoms with Gasteiger partial charge in [0.15, 0.2) is 0 Å². The number of benzene rings is 1. The number of nitrogens with one attached hydrogen (secondary N) is 1. The first-order chi connectivity index (χ1) is 11.1. The minimum atomic E-state index is 0.777. The molecule has 1 unspecified atom stereocenters. The molecule has 2 aromatic heterocycles. The van der Waals surface area contributed by atoms with Gasteiger partial charge in [-0.2, -0.15) is 0 Å². The molecule has 1 aliphatic carbocycles. The maximum atomic E-state index is 4.55. The summed E-state index contributed by atoms with van der Waals surface area (Å²) in [5.41, 5.74) is 5.10. The summed E-state index contributed by atoms with van der Waals surface area (Å²) in [7, 11) is 0. The highest BCUT2D eigenvalue weighted by Crippen LogP contribution is 2.40. The van der Waals surface area contributed by atoms with E-state index in [1.54, 1.807) is 6.33 Å². The second-order valence-electron chi connectivity index (χ2n) is 6.76. The van der Waals surface area contributed by atoms with Gasteiger partial charge in [0, 0.05) is 10.6 Å². The average Bonchev–Trinajstić information content (AvgIpc) is 2.84. The molecule has 2 heterocycles. The van der Waals surface area contributed by atoms with E-state index in [1.807, 2.05) is 11.3 Å². The van der Waals surface area contributed by atoms with Gasteiger partial charge in [0.05, 0.1) is 5.39 Å². The minimum Gasteiger partial charge on any atom is -0.340 e. The summed E-state index contributed by atoms with van der Waals surface area (Å²) in [6.07, 6.45) is 5.26. The van der Waals surface area contributed by atoms with Crippen molar-refractivity contribution in [2.24, 2.45) is 5.92 Å². The second kappa shape index (κ2) is 5.60. The largest absolute Gasteiger partial charge is 0.340 e. The Labute approximate surface area is 140 Å². The fourth-order valence-electron chi connectivity index (χ4n) is 3.55. The monoisotopic (exact) mass is 323 g/mol. The number of rotatable bonds is 2. The maximum Gasteiger partial charge on any atom is 0.142 e. The first-order valence-electron chi connectivity index (χ1n) is 8.20. The lowest BCUT2D eigenvalue weighted by molar-refractivity contribution is 0.509. The van der Waals surface area contributed by atoms with Gasteiger partial charge in [-0.1, -0.05) is 13.0 Å². The third-order valence-electron chi connectivity index (χ3n) is 4.58. The van der Waals surface area contributed by atoms with Crippen molar-refractivity contribution in [3.8, 4) is 0 Å². The molecule has 118 valence electrons. The van der Waals surface area contributed by atoms with Gasteiger partial charge in [-0.15, -0.1) is 11.3 Å². The van der Waals surface area contributed by atoms with E-state index in [1.165, 1.54) is 39.8 Å². The maximum absolute atomic E-state index is 4.55. The Balaban J connectivity index is 1.81. The number of thiophene rings is 1. The summed E-state index contributed by atoms with van der Waals surface area (Å²) in [5.74, 6) is 1.73. The van der Waals surface area contributed by atoms with E-state index in [-0.39, 0.29) is 0 Å². The van der Waals surface area contributed by atoms with Crippen LogP contribution in [0.4, 0.5) is 11.5 Å². The van der Waals surface area contributed by atoms with Crippen LogP contribution in [0.1, 0.15) is 34.9 Å². The first-order valence-corrected chi connectivity index (χ1v) is 9.02. The summed E-state index contributed by atoms with van der Waals surface area (Å²) in [5, 5.41) is 4.77. The Morgan fingerprint density at radius 1 is 1.13 bits per heavy atom. The molecule has 0 radical (unpaired) electrons. The quantitative estimate of drug-likeness (QED) is 0.706. The summed E-state index contributed by atoms with van der Waals surface area (Å²) in [6.45, 7) is 6.59. The zero-order valence-electron chi connectivity index (χ0n) is 13.8. The van der Waals surface area contributed by atoms with Crippen LogP contribution in [-0.2, 0) is 12.8 Å². The van der Waals surface area contributed by atoms with E-state index >= 15 is 0 Å². The van der Waals surface area contributed by atoms with Crippen molar-refractivity contribution in [2.75, 3.05) is 5.32 Å². The molecule has 3 aromatic rings. The van der Waals surface area contributed by atoms with Gasteiger partial charge in [0.25, 0.3) is 0 Å². The lowest BCUT2D eigenvalue weighted by Crippen LogP contribution is -2.09. The highest BCUT2D eigenvalue weighted by Gasteiger charge is 2.23. The smallest absolute Gasteiger partial charge is 0.142 e. The molecule has 0 saturated carbocycles.